The Morgan fingerprint density at radius 2 is 0.414 bits per heavy atom. The standard InChI is InChI=1S/2C14H16.4C13H14.3C12H12/c1-9-7-11(3)13-6-5-10(2)12(4)14(13)8-9;1-9-5-6-11(3)14-12(4)8-7-10(2)13(9)14;1-9-4-7-12-10(2)5-6-11(3)13(12)8-9;1-9-4-5-13-11(3)6-10(2)8-12(13)7-9;1-9-4-5-12-7-10(2)11(3)8-13(12)6-9;1-9-7-8-11(3)13-10(2)5-4-6-12(9)13;1-9-3-5-11-6-4-10(2)8-12(11)7-9;1-9-7-10(2)12-6-4-3-5-11(12)8-9;1-9-7-8-11-5-3-4-6-12(11)10(9)2/h2*5-8H,1-4H3;4*4-8H,1-3H3;3*3-8H,1-2H3. The third-order valence-electron chi connectivity index (χ3n) is 23.2. The van der Waals surface area contributed by atoms with Crippen LogP contribution in [0.15, 0.2) is 279 Å². The van der Waals surface area contributed by atoms with E-state index in [1.54, 1.807) is 0 Å². The second-order valence-corrected chi connectivity index (χ2v) is 33.3. The van der Waals surface area contributed by atoms with E-state index in [9.17, 15) is 0 Å². The van der Waals surface area contributed by atoms with Crippen molar-refractivity contribution in [1.29, 1.82) is 0 Å². The molecule has 0 saturated heterocycles. The van der Waals surface area contributed by atoms with E-state index in [0.29, 0.717) is 0 Å². The van der Waals surface area contributed by atoms with Crippen molar-refractivity contribution in [1.82, 2.24) is 0 Å². The van der Waals surface area contributed by atoms with Crippen LogP contribution in [0.1, 0.15) is 145 Å². The molecular weight excluding hydrogens is 1390 g/mol. The lowest BCUT2D eigenvalue weighted by Crippen LogP contribution is -1.89. The first-order chi connectivity index (χ1) is 55.2. The highest BCUT2D eigenvalue weighted by molar-refractivity contribution is 5.96. The average molecular weight is 1520 g/mol. The molecule has 0 heterocycles. The number of aryl methyl sites for hydroxylation is 26. The van der Waals surface area contributed by atoms with Gasteiger partial charge in [-0.05, 0) is 377 Å². The Kier molecular flexibility index (Phi) is 29.2. The van der Waals surface area contributed by atoms with E-state index in [1.807, 2.05) is 0 Å². The number of fused-ring (bicyclic) bond motifs is 9. The maximum Gasteiger partial charge on any atom is -0.0120 e. The molecule has 0 aliphatic rings. The summed E-state index contributed by atoms with van der Waals surface area (Å²) < 4.78 is 0. The van der Waals surface area contributed by atoms with Gasteiger partial charge < -0.3 is 0 Å². The van der Waals surface area contributed by atoms with Crippen molar-refractivity contribution in [3.8, 4) is 0 Å². The topological polar surface area (TPSA) is 0 Å². The van der Waals surface area contributed by atoms with Crippen molar-refractivity contribution in [2.45, 2.75) is 180 Å². The van der Waals surface area contributed by atoms with Crippen molar-refractivity contribution in [2.75, 3.05) is 0 Å². The zero-order valence-electron chi connectivity index (χ0n) is 74.6. The Balaban J connectivity index is 0.000000138. The summed E-state index contributed by atoms with van der Waals surface area (Å²) in [6.07, 6.45) is 0. The summed E-state index contributed by atoms with van der Waals surface area (Å²) >= 11 is 0. The molecule has 18 aromatic carbocycles. The molecule has 0 saturated carbocycles. The molecule has 116 heavy (non-hydrogen) atoms. The quantitative estimate of drug-likeness (QED) is 0.142. The third-order valence-corrected chi connectivity index (χ3v) is 23.2. The molecule has 0 aromatic heterocycles. The molecule has 0 atom stereocenters. The molecule has 0 radical (unpaired) electrons. The minimum absolute atomic E-state index is 1.33. The van der Waals surface area contributed by atoms with Crippen LogP contribution in [-0.2, 0) is 0 Å². The predicted molar refractivity (Wildman–Crippen MR) is 519 cm³/mol. The van der Waals surface area contributed by atoms with E-state index >= 15 is 0 Å². The predicted octanol–water partition coefficient (Wildman–Crippen LogP) is 33.6. The van der Waals surface area contributed by atoms with Crippen LogP contribution in [0.4, 0.5) is 0 Å². The van der Waals surface area contributed by atoms with E-state index in [2.05, 4.69) is 459 Å². The molecule has 0 fully saturated rings. The van der Waals surface area contributed by atoms with Gasteiger partial charge in [0, 0.05) is 0 Å². The minimum atomic E-state index is 1.33. The fourth-order valence-corrected chi connectivity index (χ4v) is 16.2. The Hall–Kier alpha value is -11.7. The second kappa shape index (κ2) is 39.1. The molecule has 0 amide bonds. The van der Waals surface area contributed by atoms with Gasteiger partial charge in [-0.2, -0.15) is 0 Å². The van der Waals surface area contributed by atoms with Crippen LogP contribution in [0.2, 0.25) is 0 Å². The summed E-state index contributed by atoms with van der Waals surface area (Å²) in [6.45, 7) is 56.3. The molecule has 0 bridgehead atoms. The van der Waals surface area contributed by atoms with Gasteiger partial charge in [0.15, 0.2) is 0 Å². The second-order valence-electron chi connectivity index (χ2n) is 33.3. The smallest absolute Gasteiger partial charge is 0.0120 e. The van der Waals surface area contributed by atoms with Gasteiger partial charge in [-0.1, -0.05) is 324 Å². The molecule has 0 spiro atoms. The van der Waals surface area contributed by atoms with E-state index < -0.39 is 0 Å². The highest BCUT2D eigenvalue weighted by atomic mass is 14.1. The summed E-state index contributed by atoms with van der Waals surface area (Å²) in [7, 11) is 0. The molecule has 0 heteroatoms. The van der Waals surface area contributed by atoms with E-state index in [-0.39, 0.29) is 0 Å². The third kappa shape index (κ3) is 21.8. The molecule has 18 rings (SSSR count). The van der Waals surface area contributed by atoms with Gasteiger partial charge >= 0.3 is 0 Å². The number of hydrogen-bond acceptors (Lipinski definition) is 0. The van der Waals surface area contributed by atoms with E-state index in [1.165, 1.54) is 242 Å². The summed E-state index contributed by atoms with van der Waals surface area (Å²) in [5.74, 6) is 0. The summed E-state index contributed by atoms with van der Waals surface area (Å²) in [5.41, 5.74) is 35.5. The highest BCUT2D eigenvalue weighted by Gasteiger charge is 2.09. The molecule has 0 aliphatic carbocycles. The van der Waals surface area contributed by atoms with Gasteiger partial charge in [0.1, 0.15) is 0 Å². The fraction of sp³-hybridized carbons (Fsp3) is 0.224. The lowest BCUT2D eigenvalue weighted by atomic mass is 9.94. The summed E-state index contributed by atoms with van der Waals surface area (Å²) in [5, 5.41) is 24.7. The molecular formula is C116H124. The Bertz CT molecular complexity index is 6410. The molecule has 18 aromatic rings. The lowest BCUT2D eigenvalue weighted by molar-refractivity contribution is 1.35. The molecule has 0 unspecified atom stereocenters. The van der Waals surface area contributed by atoms with Gasteiger partial charge in [0.25, 0.3) is 0 Å². The van der Waals surface area contributed by atoms with Crippen molar-refractivity contribution in [3.05, 3.63) is 424 Å². The molecule has 0 nitrogen and oxygen atoms in total. The molecule has 0 aliphatic heterocycles. The Labute approximate surface area is 696 Å². The summed E-state index contributed by atoms with van der Waals surface area (Å²) in [6, 6.07) is 101. The maximum atomic E-state index is 2.28. The van der Waals surface area contributed by atoms with Gasteiger partial charge in [-0.3, -0.25) is 0 Å². The van der Waals surface area contributed by atoms with Gasteiger partial charge in [-0.25, -0.2) is 0 Å². The highest BCUT2D eigenvalue weighted by Crippen LogP contribution is 2.32. The number of hydrogen-bond donors (Lipinski definition) is 0. The van der Waals surface area contributed by atoms with Crippen LogP contribution in [0.3, 0.4) is 0 Å². The van der Waals surface area contributed by atoms with Crippen molar-refractivity contribution >= 4 is 97.0 Å². The largest absolute Gasteiger partial charge is 0.0616 e. The lowest BCUT2D eigenvalue weighted by Gasteiger charge is -2.11. The van der Waals surface area contributed by atoms with Crippen LogP contribution in [-0.4, -0.2) is 0 Å². The van der Waals surface area contributed by atoms with Gasteiger partial charge in [0.2, 0.25) is 0 Å². The zero-order valence-corrected chi connectivity index (χ0v) is 74.6. The summed E-state index contributed by atoms with van der Waals surface area (Å²) in [4.78, 5) is 0. The van der Waals surface area contributed by atoms with E-state index in [4.69, 9.17) is 0 Å². The van der Waals surface area contributed by atoms with Crippen LogP contribution in [0, 0.1) is 180 Å². The normalized spacial score (nSPS) is 10.7. The van der Waals surface area contributed by atoms with Crippen molar-refractivity contribution in [2.24, 2.45) is 0 Å². The van der Waals surface area contributed by atoms with Crippen LogP contribution >= 0.6 is 0 Å². The van der Waals surface area contributed by atoms with Gasteiger partial charge in [-0.15, -0.1) is 0 Å². The van der Waals surface area contributed by atoms with Crippen LogP contribution < -0.4 is 0 Å². The van der Waals surface area contributed by atoms with Gasteiger partial charge in [0.05, 0.1) is 0 Å². The number of benzene rings is 18. The average Bonchev–Trinajstić information content (AvgIpc) is 0.785. The molecule has 588 valence electrons. The van der Waals surface area contributed by atoms with Crippen LogP contribution in [0.5, 0.6) is 0 Å². The Morgan fingerprint density at radius 3 is 0.948 bits per heavy atom. The first-order valence-electron chi connectivity index (χ1n) is 41.4. The monoisotopic (exact) mass is 1520 g/mol. The minimum Gasteiger partial charge on any atom is -0.0616 e. The van der Waals surface area contributed by atoms with Crippen molar-refractivity contribution < 1.29 is 0 Å². The molecule has 0 N–H and O–H groups in total. The fourth-order valence-electron chi connectivity index (χ4n) is 16.2. The van der Waals surface area contributed by atoms with Crippen molar-refractivity contribution in [3.63, 3.8) is 0 Å². The Morgan fingerprint density at radius 1 is 0.112 bits per heavy atom. The first-order valence-corrected chi connectivity index (χ1v) is 41.4. The van der Waals surface area contributed by atoms with Crippen LogP contribution in [0.25, 0.3) is 97.0 Å². The maximum absolute atomic E-state index is 2.28. The zero-order chi connectivity index (χ0) is 83.9. The number of rotatable bonds is 0. The van der Waals surface area contributed by atoms with E-state index in [0.717, 1.165) is 0 Å². The SMILES string of the molecule is Cc1cc(C)c2ccc(C)c(C)c2c1.Cc1cc(C)c2ccccc2c1.Cc1ccc(C)c2c(C)ccc(C)c12.Cc1ccc(C)c2c(C)cccc12.Cc1ccc2c(C)cc(C)cc2c1.Cc1ccc2c(C)ccc(C)c2c1.Cc1ccc2cc(C)c(C)cc2c1.Cc1ccc2ccc(C)cc2c1.Cc1ccc2ccccc2c1C. The first kappa shape index (κ1) is 86.7.